The lowest BCUT2D eigenvalue weighted by Crippen LogP contribution is -2.28. The van der Waals surface area contributed by atoms with Crippen LogP contribution < -0.4 is 5.32 Å². The maximum absolute atomic E-state index is 12.6. The van der Waals surface area contributed by atoms with Crippen molar-refractivity contribution in [2.75, 3.05) is 18.9 Å². The van der Waals surface area contributed by atoms with E-state index in [1.54, 1.807) is 17.0 Å². The van der Waals surface area contributed by atoms with Crippen molar-refractivity contribution < 1.29 is 9.59 Å². The van der Waals surface area contributed by atoms with E-state index < -0.39 is 0 Å². The number of hydrogen-bond acceptors (Lipinski definition) is 2. The van der Waals surface area contributed by atoms with Gasteiger partial charge in [0.1, 0.15) is 0 Å². The predicted molar refractivity (Wildman–Crippen MR) is 104 cm³/mol. The molecule has 2 amide bonds. The van der Waals surface area contributed by atoms with Crippen LogP contribution in [0.5, 0.6) is 0 Å². The fourth-order valence-electron chi connectivity index (χ4n) is 3.14. The minimum atomic E-state index is -0.0195. The van der Waals surface area contributed by atoms with Gasteiger partial charge in [-0.3, -0.25) is 9.59 Å². The predicted octanol–water partition coefficient (Wildman–Crippen LogP) is 3.99. The number of benzene rings is 2. The van der Waals surface area contributed by atoms with Crippen LogP contribution >= 0.6 is 0 Å². The molecule has 0 heterocycles. The standard InChI is InChI=1S/C22H26N2O2/c1-16-14-20(16)21(25)23-19-12-6-11-18(15-19)22(26)24(2)13-7-10-17-8-4-3-5-9-17/h3-6,8-9,11-12,15-16,20H,7,10,13-14H2,1-2H3,(H,23,25). The van der Waals surface area contributed by atoms with Gasteiger partial charge in [-0.25, -0.2) is 0 Å². The summed E-state index contributed by atoms with van der Waals surface area (Å²) < 4.78 is 0. The van der Waals surface area contributed by atoms with Crippen LogP contribution in [-0.4, -0.2) is 30.3 Å². The van der Waals surface area contributed by atoms with Gasteiger partial charge in [0.2, 0.25) is 5.91 Å². The van der Waals surface area contributed by atoms with Gasteiger partial charge >= 0.3 is 0 Å². The van der Waals surface area contributed by atoms with Crippen LogP contribution in [0.3, 0.4) is 0 Å². The van der Waals surface area contributed by atoms with E-state index in [4.69, 9.17) is 0 Å². The van der Waals surface area contributed by atoms with Crippen LogP contribution in [0.25, 0.3) is 0 Å². The highest BCUT2D eigenvalue weighted by atomic mass is 16.2. The van der Waals surface area contributed by atoms with Crippen LogP contribution in [0.1, 0.15) is 35.7 Å². The zero-order valence-electron chi connectivity index (χ0n) is 15.4. The second-order valence-corrected chi connectivity index (χ2v) is 7.21. The van der Waals surface area contributed by atoms with Gasteiger partial charge in [0, 0.05) is 30.8 Å². The molecule has 2 unspecified atom stereocenters. The second kappa shape index (κ2) is 8.17. The number of rotatable bonds is 7. The Bertz CT molecular complexity index is 773. The van der Waals surface area contributed by atoms with Gasteiger partial charge in [-0.1, -0.05) is 43.3 Å². The molecular formula is C22H26N2O2. The third-order valence-corrected chi connectivity index (χ3v) is 4.97. The van der Waals surface area contributed by atoms with E-state index in [2.05, 4.69) is 24.4 Å². The molecule has 1 aliphatic rings. The topological polar surface area (TPSA) is 49.4 Å². The van der Waals surface area contributed by atoms with Gasteiger partial charge in [0.15, 0.2) is 0 Å². The first-order valence-electron chi connectivity index (χ1n) is 9.25. The highest BCUT2D eigenvalue weighted by molar-refractivity contribution is 5.98. The minimum absolute atomic E-state index is 0.0195. The van der Waals surface area contributed by atoms with Crippen molar-refractivity contribution in [3.63, 3.8) is 0 Å². The zero-order valence-corrected chi connectivity index (χ0v) is 15.4. The number of nitrogens with one attached hydrogen (secondary N) is 1. The van der Waals surface area contributed by atoms with Gasteiger partial charge in [-0.05, 0) is 48.9 Å². The van der Waals surface area contributed by atoms with Crippen LogP contribution in [-0.2, 0) is 11.2 Å². The molecular weight excluding hydrogens is 324 g/mol. The van der Waals surface area contributed by atoms with E-state index in [9.17, 15) is 9.59 Å². The Morgan fingerprint density at radius 2 is 1.85 bits per heavy atom. The van der Waals surface area contributed by atoms with E-state index in [1.165, 1.54) is 5.56 Å². The SMILES string of the molecule is CC1CC1C(=O)Nc1cccc(C(=O)N(C)CCCc2ccccc2)c1. The molecule has 0 aromatic heterocycles. The van der Waals surface area contributed by atoms with Crippen molar-refractivity contribution >= 4 is 17.5 Å². The third kappa shape index (κ3) is 4.72. The van der Waals surface area contributed by atoms with Gasteiger partial charge in [0.05, 0.1) is 0 Å². The lowest BCUT2D eigenvalue weighted by Gasteiger charge is -2.17. The molecule has 0 spiro atoms. The van der Waals surface area contributed by atoms with Crippen LogP contribution in [0.4, 0.5) is 5.69 Å². The maximum atomic E-state index is 12.6. The Kier molecular flexibility index (Phi) is 5.71. The fourth-order valence-corrected chi connectivity index (χ4v) is 3.14. The van der Waals surface area contributed by atoms with Gasteiger partial charge in [-0.2, -0.15) is 0 Å². The van der Waals surface area contributed by atoms with Crippen molar-refractivity contribution in [1.82, 2.24) is 4.90 Å². The van der Waals surface area contributed by atoms with Crippen molar-refractivity contribution in [1.29, 1.82) is 0 Å². The number of anilines is 1. The first-order chi connectivity index (χ1) is 12.5. The average molecular weight is 350 g/mol. The van der Waals surface area contributed by atoms with Crippen molar-refractivity contribution in [3.8, 4) is 0 Å². The summed E-state index contributed by atoms with van der Waals surface area (Å²) in [5.74, 6) is 0.623. The summed E-state index contributed by atoms with van der Waals surface area (Å²) in [7, 11) is 1.82. The number of nitrogens with zero attached hydrogens (tertiary/aromatic N) is 1. The van der Waals surface area contributed by atoms with Crippen LogP contribution in [0, 0.1) is 11.8 Å². The van der Waals surface area contributed by atoms with Gasteiger partial charge in [0.25, 0.3) is 5.91 Å². The molecule has 1 fully saturated rings. The number of amides is 2. The lowest BCUT2D eigenvalue weighted by atomic mass is 10.1. The molecule has 1 N–H and O–H groups in total. The molecule has 1 saturated carbocycles. The fraction of sp³-hybridized carbons (Fsp3) is 0.364. The summed E-state index contributed by atoms with van der Waals surface area (Å²) in [6, 6.07) is 17.5. The molecule has 2 aromatic rings. The third-order valence-electron chi connectivity index (χ3n) is 4.97. The van der Waals surface area contributed by atoms with Crippen LogP contribution in [0.2, 0.25) is 0 Å². The van der Waals surface area contributed by atoms with E-state index in [0.29, 0.717) is 23.7 Å². The first kappa shape index (κ1) is 18.2. The van der Waals surface area contributed by atoms with E-state index in [0.717, 1.165) is 19.3 Å². The Hall–Kier alpha value is -2.62. The smallest absolute Gasteiger partial charge is 0.253 e. The number of hydrogen-bond donors (Lipinski definition) is 1. The minimum Gasteiger partial charge on any atom is -0.342 e. The molecule has 136 valence electrons. The molecule has 1 aliphatic carbocycles. The molecule has 0 bridgehead atoms. The average Bonchev–Trinajstić information content (AvgIpc) is 3.39. The Labute approximate surface area is 155 Å². The number of carbonyl (C=O) groups excluding carboxylic acids is 2. The Morgan fingerprint density at radius 1 is 1.12 bits per heavy atom. The van der Waals surface area contributed by atoms with E-state index in [-0.39, 0.29) is 17.7 Å². The van der Waals surface area contributed by atoms with Crippen molar-refractivity contribution in [3.05, 3.63) is 65.7 Å². The first-order valence-corrected chi connectivity index (χ1v) is 9.25. The van der Waals surface area contributed by atoms with Gasteiger partial charge in [-0.15, -0.1) is 0 Å². The van der Waals surface area contributed by atoms with Crippen molar-refractivity contribution in [2.45, 2.75) is 26.2 Å². The van der Waals surface area contributed by atoms with Gasteiger partial charge < -0.3 is 10.2 Å². The second-order valence-electron chi connectivity index (χ2n) is 7.21. The van der Waals surface area contributed by atoms with Crippen LogP contribution in [0.15, 0.2) is 54.6 Å². The van der Waals surface area contributed by atoms with E-state index in [1.807, 2.05) is 37.4 Å². The molecule has 26 heavy (non-hydrogen) atoms. The summed E-state index contributed by atoms with van der Waals surface area (Å²) in [6.07, 6.45) is 2.82. The monoisotopic (exact) mass is 350 g/mol. The summed E-state index contributed by atoms with van der Waals surface area (Å²) in [4.78, 5) is 26.4. The van der Waals surface area contributed by atoms with Crippen molar-refractivity contribution in [2.24, 2.45) is 11.8 Å². The summed E-state index contributed by atoms with van der Waals surface area (Å²) >= 11 is 0. The molecule has 2 atom stereocenters. The highest BCUT2D eigenvalue weighted by Gasteiger charge is 2.39. The molecule has 3 rings (SSSR count). The summed E-state index contributed by atoms with van der Waals surface area (Å²) in [5, 5.41) is 2.92. The normalized spacial score (nSPS) is 18.2. The number of aryl methyl sites for hydroxylation is 1. The zero-order chi connectivity index (χ0) is 18.5. The quantitative estimate of drug-likeness (QED) is 0.821. The lowest BCUT2D eigenvalue weighted by molar-refractivity contribution is -0.117. The molecule has 0 saturated heterocycles. The van der Waals surface area contributed by atoms with E-state index >= 15 is 0 Å². The molecule has 0 radical (unpaired) electrons. The molecule has 0 aliphatic heterocycles. The molecule has 4 nitrogen and oxygen atoms in total. The highest BCUT2D eigenvalue weighted by Crippen LogP contribution is 2.38. The summed E-state index contributed by atoms with van der Waals surface area (Å²) in [6.45, 7) is 2.78. The molecule has 4 heteroatoms. The summed E-state index contributed by atoms with van der Waals surface area (Å²) in [5.41, 5.74) is 2.58. The Morgan fingerprint density at radius 3 is 2.54 bits per heavy atom. The molecule has 2 aromatic carbocycles. The number of carbonyl (C=O) groups is 2. The maximum Gasteiger partial charge on any atom is 0.253 e. The Balaban J connectivity index is 1.53. The largest absolute Gasteiger partial charge is 0.342 e.